The lowest BCUT2D eigenvalue weighted by molar-refractivity contribution is -0.917. The molecule has 1 atom stereocenters. The molecular weight excluding hydrogens is 364 g/mol. The number of hydrogen-bond donors (Lipinski definition) is 2. The predicted molar refractivity (Wildman–Crippen MR) is 95.5 cm³/mol. The van der Waals surface area contributed by atoms with Crippen molar-refractivity contribution in [2.24, 2.45) is 0 Å². The number of nitro groups is 1. The minimum Gasteiger partial charge on any atom is -0.450 e. The standard InChI is InChI=1S/C16H21ClN4O5/c1-3-26-16(23)20-8-6-19(7-9-20)11(2)15(22)18-14-10-12(21(24)25)4-5-13(14)17/h4-5,10-11H,3,6-9H2,1-2H3,(H,18,22)/p+1/t11-/m0/s1. The fourth-order valence-electron chi connectivity index (χ4n) is 2.77. The Morgan fingerprint density at radius 2 is 2.08 bits per heavy atom. The second-order valence-electron chi connectivity index (χ2n) is 5.98. The SMILES string of the molecule is CCOC(=O)N1CC[NH+]([C@@H](C)C(=O)Nc2cc([N+](=O)[O-])ccc2Cl)CC1. The third-order valence-corrected chi connectivity index (χ3v) is 4.69. The zero-order chi connectivity index (χ0) is 19.3. The maximum atomic E-state index is 12.5. The van der Waals surface area contributed by atoms with Crippen LogP contribution in [0.1, 0.15) is 13.8 Å². The molecule has 10 heteroatoms. The van der Waals surface area contributed by atoms with Crippen molar-refractivity contribution in [2.75, 3.05) is 38.1 Å². The monoisotopic (exact) mass is 385 g/mol. The van der Waals surface area contributed by atoms with E-state index in [1.807, 2.05) is 0 Å². The summed E-state index contributed by atoms with van der Waals surface area (Å²) in [7, 11) is 0. The second kappa shape index (κ2) is 8.81. The van der Waals surface area contributed by atoms with Crippen LogP contribution in [0.4, 0.5) is 16.2 Å². The number of ether oxygens (including phenoxy) is 1. The van der Waals surface area contributed by atoms with Crippen LogP contribution in [0.3, 0.4) is 0 Å². The molecule has 0 aromatic heterocycles. The summed E-state index contributed by atoms with van der Waals surface area (Å²) in [5.74, 6) is -0.285. The van der Waals surface area contributed by atoms with Gasteiger partial charge in [0.15, 0.2) is 6.04 Å². The molecule has 26 heavy (non-hydrogen) atoms. The number of carbonyl (C=O) groups is 2. The lowest BCUT2D eigenvalue weighted by atomic mass is 10.2. The minimum absolute atomic E-state index is 0.146. The van der Waals surface area contributed by atoms with E-state index < -0.39 is 11.0 Å². The first-order valence-corrected chi connectivity index (χ1v) is 8.72. The molecule has 0 spiro atoms. The van der Waals surface area contributed by atoms with Crippen molar-refractivity contribution >= 4 is 35.0 Å². The van der Waals surface area contributed by atoms with Crippen LogP contribution < -0.4 is 10.2 Å². The number of hydrogen-bond acceptors (Lipinski definition) is 5. The van der Waals surface area contributed by atoms with Gasteiger partial charge in [0, 0.05) is 12.1 Å². The number of anilines is 1. The number of nitro benzene ring substituents is 1. The molecule has 2 rings (SSSR count). The first kappa shape index (κ1) is 19.9. The molecule has 0 aliphatic carbocycles. The topological polar surface area (TPSA) is 106 Å². The highest BCUT2D eigenvalue weighted by atomic mass is 35.5. The van der Waals surface area contributed by atoms with Crippen LogP contribution >= 0.6 is 11.6 Å². The number of carbonyl (C=O) groups excluding carboxylic acids is 2. The number of non-ortho nitro benzene ring substituents is 1. The largest absolute Gasteiger partial charge is 0.450 e. The molecule has 1 saturated heterocycles. The van der Waals surface area contributed by atoms with E-state index in [2.05, 4.69) is 5.32 Å². The van der Waals surface area contributed by atoms with Gasteiger partial charge in [-0.25, -0.2) is 4.79 Å². The molecule has 0 radical (unpaired) electrons. The van der Waals surface area contributed by atoms with E-state index in [1.54, 1.807) is 18.7 Å². The van der Waals surface area contributed by atoms with E-state index in [0.29, 0.717) is 32.8 Å². The Labute approximate surface area is 156 Å². The Bertz CT molecular complexity index is 691. The van der Waals surface area contributed by atoms with Gasteiger partial charge in [-0.15, -0.1) is 0 Å². The number of halogens is 1. The van der Waals surface area contributed by atoms with E-state index in [0.717, 1.165) is 4.90 Å². The van der Waals surface area contributed by atoms with Gasteiger partial charge in [-0.3, -0.25) is 19.8 Å². The van der Waals surface area contributed by atoms with Crippen LogP contribution in [0.2, 0.25) is 5.02 Å². The van der Waals surface area contributed by atoms with Crippen molar-refractivity contribution < 1.29 is 24.1 Å². The third-order valence-electron chi connectivity index (χ3n) is 4.36. The lowest BCUT2D eigenvalue weighted by Crippen LogP contribution is -3.19. The van der Waals surface area contributed by atoms with Gasteiger partial charge in [0.2, 0.25) is 0 Å². The van der Waals surface area contributed by atoms with Crippen molar-refractivity contribution in [2.45, 2.75) is 19.9 Å². The number of nitrogens with one attached hydrogen (secondary N) is 2. The summed E-state index contributed by atoms with van der Waals surface area (Å²) < 4.78 is 4.98. The summed E-state index contributed by atoms with van der Waals surface area (Å²) in [4.78, 5) is 37.2. The normalized spacial score (nSPS) is 16.0. The first-order valence-electron chi connectivity index (χ1n) is 8.34. The summed E-state index contributed by atoms with van der Waals surface area (Å²) in [6, 6.07) is 3.50. The molecular formula is C16H22ClN4O5+. The van der Waals surface area contributed by atoms with E-state index in [9.17, 15) is 19.7 Å². The zero-order valence-electron chi connectivity index (χ0n) is 14.7. The van der Waals surface area contributed by atoms with Gasteiger partial charge in [0.1, 0.15) is 0 Å². The highest BCUT2D eigenvalue weighted by Crippen LogP contribution is 2.26. The van der Waals surface area contributed by atoms with Gasteiger partial charge in [0.05, 0.1) is 48.4 Å². The molecule has 0 bridgehead atoms. The molecule has 2 N–H and O–H groups in total. The van der Waals surface area contributed by atoms with Crippen molar-refractivity contribution in [3.8, 4) is 0 Å². The number of amides is 2. The molecule has 142 valence electrons. The Morgan fingerprint density at radius 3 is 2.65 bits per heavy atom. The number of benzene rings is 1. The average molecular weight is 386 g/mol. The fourth-order valence-corrected chi connectivity index (χ4v) is 2.94. The number of rotatable bonds is 5. The van der Waals surface area contributed by atoms with E-state index in [4.69, 9.17) is 16.3 Å². The van der Waals surface area contributed by atoms with Crippen LogP contribution in [0.15, 0.2) is 18.2 Å². The summed E-state index contributed by atoms with van der Waals surface area (Å²) in [6.07, 6.45) is -0.341. The molecule has 9 nitrogen and oxygen atoms in total. The Hall–Kier alpha value is -2.39. The van der Waals surface area contributed by atoms with Gasteiger partial charge in [-0.1, -0.05) is 11.6 Å². The first-order chi connectivity index (χ1) is 12.3. The second-order valence-corrected chi connectivity index (χ2v) is 6.38. The van der Waals surface area contributed by atoms with Gasteiger partial charge in [0.25, 0.3) is 11.6 Å². The lowest BCUT2D eigenvalue weighted by Gasteiger charge is -2.34. The Morgan fingerprint density at radius 1 is 1.42 bits per heavy atom. The van der Waals surface area contributed by atoms with Crippen LogP contribution in [0.5, 0.6) is 0 Å². The summed E-state index contributed by atoms with van der Waals surface area (Å²) in [6.45, 7) is 6.08. The van der Waals surface area contributed by atoms with Crippen LogP contribution in [-0.2, 0) is 9.53 Å². The highest BCUT2D eigenvalue weighted by Gasteiger charge is 2.31. The number of piperazine rings is 1. The van der Waals surface area contributed by atoms with Crippen LogP contribution in [0, 0.1) is 10.1 Å². The predicted octanol–water partition coefficient (Wildman–Crippen LogP) is 0.932. The van der Waals surface area contributed by atoms with Crippen molar-refractivity contribution in [1.29, 1.82) is 0 Å². The molecule has 0 saturated carbocycles. The third kappa shape index (κ3) is 4.83. The van der Waals surface area contributed by atoms with Gasteiger partial charge >= 0.3 is 6.09 Å². The average Bonchev–Trinajstić information content (AvgIpc) is 2.63. The van der Waals surface area contributed by atoms with Gasteiger partial charge < -0.3 is 15.0 Å². The van der Waals surface area contributed by atoms with E-state index >= 15 is 0 Å². The maximum Gasteiger partial charge on any atom is 0.410 e. The van der Waals surface area contributed by atoms with Crippen molar-refractivity contribution in [3.05, 3.63) is 33.3 Å². The number of nitrogens with zero attached hydrogens (tertiary/aromatic N) is 2. The van der Waals surface area contributed by atoms with Crippen LogP contribution in [-0.4, -0.2) is 60.7 Å². The summed E-state index contributed by atoms with van der Waals surface area (Å²) in [5.41, 5.74) is 0.0648. The van der Waals surface area contributed by atoms with E-state index in [-0.39, 0.29) is 28.4 Å². The van der Waals surface area contributed by atoms with Gasteiger partial charge in [-0.05, 0) is 19.9 Å². The molecule has 1 heterocycles. The Kier molecular flexibility index (Phi) is 6.76. The van der Waals surface area contributed by atoms with E-state index in [1.165, 1.54) is 18.2 Å². The van der Waals surface area contributed by atoms with Gasteiger partial charge in [-0.2, -0.15) is 0 Å². The van der Waals surface area contributed by atoms with Crippen molar-refractivity contribution in [3.63, 3.8) is 0 Å². The molecule has 1 fully saturated rings. The van der Waals surface area contributed by atoms with Crippen LogP contribution in [0.25, 0.3) is 0 Å². The minimum atomic E-state index is -0.546. The quantitative estimate of drug-likeness (QED) is 0.579. The highest BCUT2D eigenvalue weighted by molar-refractivity contribution is 6.33. The molecule has 1 aliphatic rings. The molecule has 1 aromatic rings. The maximum absolute atomic E-state index is 12.5. The number of quaternary nitrogens is 1. The summed E-state index contributed by atoms with van der Waals surface area (Å²) >= 11 is 6.02. The molecule has 1 aromatic carbocycles. The zero-order valence-corrected chi connectivity index (χ0v) is 15.4. The van der Waals surface area contributed by atoms with Crippen molar-refractivity contribution in [1.82, 2.24) is 4.90 Å². The Balaban J connectivity index is 1.95. The smallest absolute Gasteiger partial charge is 0.410 e. The molecule has 2 amide bonds. The summed E-state index contributed by atoms with van der Waals surface area (Å²) in [5, 5.41) is 13.8. The molecule has 1 aliphatic heterocycles. The molecule has 0 unspecified atom stereocenters. The fraction of sp³-hybridized carbons (Fsp3) is 0.500.